The minimum absolute atomic E-state index is 0.0218. The van der Waals surface area contributed by atoms with E-state index in [4.69, 9.17) is 9.26 Å². The molecule has 0 bridgehead atoms. The van der Waals surface area contributed by atoms with Crippen LogP contribution in [-0.4, -0.2) is 38.0 Å². The Labute approximate surface area is 187 Å². The SMILES string of the molecule is COc1ccc(NS(=O)(=O)c2ccc(C)c(C(=O)N3CCCC3c3cc(C)no3)c2)cc1. The Morgan fingerprint density at radius 2 is 1.91 bits per heavy atom. The van der Waals surface area contributed by atoms with Gasteiger partial charge in [0.15, 0.2) is 5.76 Å². The molecule has 1 aliphatic rings. The number of nitrogens with one attached hydrogen (secondary N) is 1. The highest BCUT2D eigenvalue weighted by Crippen LogP contribution is 2.34. The summed E-state index contributed by atoms with van der Waals surface area (Å²) < 4.78 is 39.0. The molecule has 3 aromatic rings. The zero-order valence-electron chi connectivity index (χ0n) is 18.2. The van der Waals surface area contributed by atoms with Gasteiger partial charge in [-0.3, -0.25) is 9.52 Å². The Hall–Kier alpha value is -3.33. The van der Waals surface area contributed by atoms with Crippen molar-refractivity contribution in [3.05, 3.63) is 71.1 Å². The number of rotatable bonds is 6. The van der Waals surface area contributed by atoms with Crippen molar-refractivity contribution in [1.29, 1.82) is 0 Å². The van der Waals surface area contributed by atoms with Crippen molar-refractivity contribution in [3.63, 3.8) is 0 Å². The first-order valence-electron chi connectivity index (χ1n) is 10.3. The first-order chi connectivity index (χ1) is 15.3. The molecule has 9 heteroatoms. The average molecular weight is 456 g/mol. The number of benzene rings is 2. The Balaban J connectivity index is 1.60. The topological polar surface area (TPSA) is 102 Å². The molecular weight excluding hydrogens is 430 g/mol. The summed E-state index contributed by atoms with van der Waals surface area (Å²) in [5.74, 6) is 1.05. The van der Waals surface area contributed by atoms with Crippen LogP contribution in [0.3, 0.4) is 0 Å². The summed E-state index contributed by atoms with van der Waals surface area (Å²) >= 11 is 0. The third-order valence-electron chi connectivity index (χ3n) is 5.58. The molecule has 4 rings (SSSR count). The lowest BCUT2D eigenvalue weighted by Gasteiger charge is -2.24. The molecule has 1 atom stereocenters. The molecule has 32 heavy (non-hydrogen) atoms. The van der Waals surface area contributed by atoms with Crippen LogP contribution < -0.4 is 9.46 Å². The molecule has 1 saturated heterocycles. The van der Waals surface area contributed by atoms with E-state index in [9.17, 15) is 13.2 Å². The van der Waals surface area contributed by atoms with E-state index in [0.717, 1.165) is 18.5 Å². The fourth-order valence-corrected chi connectivity index (χ4v) is 4.96. The number of likely N-dealkylation sites (tertiary alicyclic amines) is 1. The van der Waals surface area contributed by atoms with Gasteiger partial charge in [-0.1, -0.05) is 11.2 Å². The van der Waals surface area contributed by atoms with Gasteiger partial charge in [-0.05, 0) is 68.7 Å². The highest BCUT2D eigenvalue weighted by atomic mass is 32.2. The number of sulfonamides is 1. The second-order valence-corrected chi connectivity index (χ2v) is 9.52. The largest absolute Gasteiger partial charge is 0.497 e. The van der Waals surface area contributed by atoms with E-state index in [1.807, 2.05) is 13.0 Å². The minimum atomic E-state index is -3.88. The molecule has 1 aliphatic heterocycles. The Kier molecular flexibility index (Phi) is 5.92. The zero-order chi connectivity index (χ0) is 22.9. The summed E-state index contributed by atoms with van der Waals surface area (Å²) in [5, 5.41) is 3.93. The second-order valence-electron chi connectivity index (χ2n) is 7.84. The summed E-state index contributed by atoms with van der Waals surface area (Å²) in [7, 11) is -2.34. The molecular formula is C23H25N3O5S. The summed E-state index contributed by atoms with van der Waals surface area (Å²) in [4.78, 5) is 15.2. The standard InChI is InChI=1S/C23H25N3O5S/c1-15-6-11-19(32(28,29)25-17-7-9-18(30-3)10-8-17)14-20(15)23(27)26-12-4-5-21(26)22-13-16(2)24-31-22/h6-11,13-14,21,25H,4-5,12H2,1-3H3. The monoisotopic (exact) mass is 455 g/mol. The number of carbonyl (C=O) groups is 1. The highest BCUT2D eigenvalue weighted by molar-refractivity contribution is 7.92. The molecule has 0 aliphatic carbocycles. The third-order valence-corrected chi connectivity index (χ3v) is 6.96. The quantitative estimate of drug-likeness (QED) is 0.601. The van der Waals surface area contributed by atoms with Crippen LogP contribution in [0.2, 0.25) is 0 Å². The van der Waals surface area contributed by atoms with E-state index in [1.54, 1.807) is 49.3 Å². The maximum absolute atomic E-state index is 13.4. The summed E-state index contributed by atoms with van der Waals surface area (Å²) in [5.41, 5.74) is 2.22. The van der Waals surface area contributed by atoms with Gasteiger partial charge in [0.2, 0.25) is 0 Å². The number of anilines is 1. The van der Waals surface area contributed by atoms with Gasteiger partial charge >= 0.3 is 0 Å². The molecule has 168 valence electrons. The van der Waals surface area contributed by atoms with E-state index >= 15 is 0 Å². The van der Waals surface area contributed by atoms with Gasteiger partial charge in [0.25, 0.3) is 15.9 Å². The fraction of sp³-hybridized carbons (Fsp3) is 0.304. The number of methoxy groups -OCH3 is 1. The number of amides is 1. The number of carbonyl (C=O) groups excluding carboxylic acids is 1. The minimum Gasteiger partial charge on any atom is -0.497 e. The molecule has 2 aromatic carbocycles. The lowest BCUT2D eigenvalue weighted by atomic mass is 10.1. The second kappa shape index (κ2) is 8.66. The maximum Gasteiger partial charge on any atom is 0.261 e. The van der Waals surface area contributed by atoms with Crippen LogP contribution in [0.4, 0.5) is 5.69 Å². The van der Waals surface area contributed by atoms with Gasteiger partial charge in [0.05, 0.1) is 23.7 Å². The van der Waals surface area contributed by atoms with Crippen LogP contribution in [0.5, 0.6) is 5.75 Å². The zero-order valence-corrected chi connectivity index (χ0v) is 19.0. The van der Waals surface area contributed by atoms with Crippen LogP contribution in [0.15, 0.2) is 57.9 Å². The number of hydrogen-bond acceptors (Lipinski definition) is 6. The number of aryl methyl sites for hydroxylation is 2. The summed E-state index contributed by atoms with van der Waals surface area (Å²) in [6.45, 7) is 4.20. The van der Waals surface area contributed by atoms with Crippen molar-refractivity contribution in [1.82, 2.24) is 10.1 Å². The molecule has 1 fully saturated rings. The van der Waals surface area contributed by atoms with Gasteiger partial charge in [-0.2, -0.15) is 0 Å². The first kappa shape index (κ1) is 21.9. The van der Waals surface area contributed by atoms with E-state index in [2.05, 4.69) is 9.88 Å². The Morgan fingerprint density at radius 1 is 1.16 bits per heavy atom. The van der Waals surface area contributed by atoms with Gasteiger partial charge in [0.1, 0.15) is 5.75 Å². The van der Waals surface area contributed by atoms with Gasteiger partial charge in [-0.15, -0.1) is 0 Å². The number of aromatic nitrogens is 1. The summed E-state index contributed by atoms with van der Waals surface area (Å²) in [6, 6.07) is 12.8. The van der Waals surface area contributed by atoms with Crippen LogP contribution >= 0.6 is 0 Å². The maximum atomic E-state index is 13.4. The van der Waals surface area contributed by atoms with Crippen molar-refractivity contribution in [3.8, 4) is 5.75 Å². The third kappa shape index (κ3) is 4.34. The van der Waals surface area contributed by atoms with Crippen molar-refractivity contribution >= 4 is 21.6 Å². The number of ether oxygens (including phenoxy) is 1. The number of hydrogen-bond donors (Lipinski definition) is 1. The normalized spacial score (nSPS) is 16.2. The molecule has 0 spiro atoms. The van der Waals surface area contributed by atoms with Crippen molar-refractivity contribution in [2.45, 2.75) is 37.6 Å². The molecule has 1 unspecified atom stereocenters. The lowest BCUT2D eigenvalue weighted by molar-refractivity contribution is 0.0713. The summed E-state index contributed by atoms with van der Waals surface area (Å²) in [6.07, 6.45) is 1.61. The van der Waals surface area contributed by atoms with E-state index in [1.165, 1.54) is 12.1 Å². The molecule has 0 saturated carbocycles. The molecule has 0 radical (unpaired) electrons. The van der Waals surface area contributed by atoms with E-state index < -0.39 is 10.0 Å². The van der Waals surface area contributed by atoms with E-state index in [0.29, 0.717) is 34.9 Å². The first-order valence-corrected chi connectivity index (χ1v) is 11.8. The van der Waals surface area contributed by atoms with Crippen molar-refractivity contribution in [2.24, 2.45) is 0 Å². The molecule has 1 aromatic heterocycles. The van der Waals surface area contributed by atoms with Crippen LogP contribution in [0.1, 0.15) is 46.3 Å². The van der Waals surface area contributed by atoms with Gasteiger partial charge in [0, 0.05) is 23.9 Å². The molecule has 1 amide bonds. The van der Waals surface area contributed by atoms with Crippen molar-refractivity contribution in [2.75, 3.05) is 18.4 Å². The predicted molar refractivity (Wildman–Crippen MR) is 119 cm³/mol. The van der Waals surface area contributed by atoms with Crippen LogP contribution in [-0.2, 0) is 10.0 Å². The molecule has 8 nitrogen and oxygen atoms in total. The lowest BCUT2D eigenvalue weighted by Crippen LogP contribution is -2.31. The van der Waals surface area contributed by atoms with Gasteiger partial charge < -0.3 is 14.2 Å². The average Bonchev–Trinajstić information content (AvgIpc) is 3.42. The van der Waals surface area contributed by atoms with E-state index in [-0.39, 0.29) is 16.8 Å². The van der Waals surface area contributed by atoms with Crippen LogP contribution in [0.25, 0.3) is 0 Å². The van der Waals surface area contributed by atoms with Gasteiger partial charge in [-0.25, -0.2) is 8.42 Å². The van der Waals surface area contributed by atoms with Crippen LogP contribution in [0, 0.1) is 13.8 Å². The fourth-order valence-electron chi connectivity index (χ4n) is 3.87. The Bertz CT molecular complexity index is 1230. The predicted octanol–water partition coefficient (Wildman–Crippen LogP) is 4.08. The number of nitrogens with zero attached hydrogens (tertiary/aromatic N) is 2. The van der Waals surface area contributed by atoms with Crippen molar-refractivity contribution < 1.29 is 22.5 Å². The smallest absolute Gasteiger partial charge is 0.261 e. The highest BCUT2D eigenvalue weighted by Gasteiger charge is 2.34. The molecule has 1 N–H and O–H groups in total. The Morgan fingerprint density at radius 3 is 2.56 bits per heavy atom. The molecule has 2 heterocycles.